The summed E-state index contributed by atoms with van der Waals surface area (Å²) in [5, 5.41) is 11.4. The molecule has 35 heavy (non-hydrogen) atoms. The smallest absolute Gasteiger partial charge is 0.136 e. The van der Waals surface area contributed by atoms with Crippen LogP contribution < -0.4 is 0 Å². The van der Waals surface area contributed by atoms with E-state index >= 15 is 0 Å². The van der Waals surface area contributed by atoms with Gasteiger partial charge in [0.25, 0.3) is 0 Å². The second-order valence-corrected chi connectivity index (χ2v) is 10.4. The van der Waals surface area contributed by atoms with Crippen LogP contribution in [0.1, 0.15) is 0 Å². The Balaban J connectivity index is 1.66. The Morgan fingerprint density at radius 2 is 1.34 bits per heavy atom. The number of pyridine rings is 1. The van der Waals surface area contributed by atoms with Crippen molar-refractivity contribution < 1.29 is 4.42 Å². The summed E-state index contributed by atoms with van der Waals surface area (Å²) in [6, 6.07) is 35.1. The number of nitrogens with zero attached hydrogens (tertiary/aromatic N) is 1. The second kappa shape index (κ2) is 6.21. The second-order valence-electron chi connectivity index (χ2n) is 9.36. The lowest BCUT2D eigenvalue weighted by Gasteiger charge is -2.11. The average Bonchev–Trinajstić information content (AvgIpc) is 3.58. The standard InChI is InChI=1S/C32H17NOS/c1-2-8-19-18(7-1)17-33-25-13-14-27-31(21-10-3-5-11-26(21)34-27)30(25)23-16-29-22(15-24(23)32(19)33)20-9-4-6-12-28(20)35-29/h1-17H. The first kappa shape index (κ1) is 18.0. The SMILES string of the molecule is c1ccc2c(c1)cn1c3ccc4oc5ccccc5c4c3c3cc4sc5ccccc5c4cc3c21. The fourth-order valence-corrected chi connectivity index (χ4v) is 7.20. The van der Waals surface area contributed by atoms with E-state index in [2.05, 4.69) is 102 Å². The van der Waals surface area contributed by atoms with Crippen molar-refractivity contribution in [3.63, 3.8) is 0 Å². The van der Waals surface area contributed by atoms with Crippen LogP contribution >= 0.6 is 11.3 Å². The van der Waals surface area contributed by atoms with Gasteiger partial charge in [-0.05, 0) is 41.8 Å². The van der Waals surface area contributed by atoms with Gasteiger partial charge in [-0.1, -0.05) is 60.7 Å². The van der Waals surface area contributed by atoms with Gasteiger partial charge in [-0.15, -0.1) is 11.3 Å². The monoisotopic (exact) mass is 463 g/mol. The number of benzene rings is 5. The molecule has 3 heteroatoms. The van der Waals surface area contributed by atoms with Crippen molar-refractivity contribution >= 4 is 91.4 Å². The lowest BCUT2D eigenvalue weighted by molar-refractivity contribution is 0.669. The van der Waals surface area contributed by atoms with Crippen LogP contribution in [0.2, 0.25) is 0 Å². The van der Waals surface area contributed by atoms with Gasteiger partial charge < -0.3 is 8.82 Å². The fourth-order valence-electron chi connectivity index (χ4n) is 6.08. The molecule has 0 radical (unpaired) electrons. The van der Waals surface area contributed by atoms with Gasteiger partial charge in [0.2, 0.25) is 0 Å². The van der Waals surface area contributed by atoms with E-state index in [9.17, 15) is 0 Å². The Hall–Kier alpha value is -4.34. The number of rotatable bonds is 0. The number of hydrogen-bond acceptors (Lipinski definition) is 2. The van der Waals surface area contributed by atoms with Crippen molar-refractivity contribution in [1.29, 1.82) is 0 Å². The number of fused-ring (bicyclic) bond motifs is 15. The van der Waals surface area contributed by atoms with Crippen LogP contribution in [0.15, 0.2) is 108 Å². The van der Waals surface area contributed by atoms with Gasteiger partial charge in [0.1, 0.15) is 11.2 Å². The van der Waals surface area contributed by atoms with Crippen LogP contribution in [0.4, 0.5) is 0 Å². The maximum Gasteiger partial charge on any atom is 0.136 e. The third-order valence-corrected chi connectivity index (χ3v) is 8.68. The van der Waals surface area contributed by atoms with Crippen molar-refractivity contribution in [3.05, 3.63) is 103 Å². The van der Waals surface area contributed by atoms with Crippen LogP contribution in [0.3, 0.4) is 0 Å². The number of thiophene rings is 1. The topological polar surface area (TPSA) is 17.6 Å². The molecule has 4 heterocycles. The Kier molecular flexibility index (Phi) is 3.20. The van der Waals surface area contributed by atoms with Crippen LogP contribution in [0.5, 0.6) is 0 Å². The molecular weight excluding hydrogens is 446 g/mol. The first-order valence-corrected chi connectivity index (χ1v) is 12.7. The third kappa shape index (κ3) is 2.20. The molecule has 0 aliphatic rings. The molecule has 9 rings (SSSR count). The number of hydrogen-bond donors (Lipinski definition) is 0. The zero-order valence-corrected chi connectivity index (χ0v) is 19.4. The van der Waals surface area contributed by atoms with Crippen LogP contribution in [-0.4, -0.2) is 4.40 Å². The minimum Gasteiger partial charge on any atom is -0.456 e. The highest BCUT2D eigenvalue weighted by molar-refractivity contribution is 7.25. The van der Waals surface area contributed by atoms with Gasteiger partial charge in [-0.2, -0.15) is 0 Å². The summed E-state index contributed by atoms with van der Waals surface area (Å²) in [6.45, 7) is 0. The Bertz CT molecular complexity index is 2330. The van der Waals surface area contributed by atoms with E-state index in [0.717, 1.165) is 11.2 Å². The predicted molar refractivity (Wildman–Crippen MR) is 150 cm³/mol. The zero-order chi connectivity index (χ0) is 22.7. The van der Waals surface area contributed by atoms with Crippen molar-refractivity contribution in [2.24, 2.45) is 0 Å². The summed E-state index contributed by atoms with van der Waals surface area (Å²) in [6.07, 6.45) is 2.29. The first-order chi connectivity index (χ1) is 17.3. The fraction of sp³-hybridized carbons (Fsp3) is 0. The van der Waals surface area contributed by atoms with E-state index in [0.29, 0.717) is 0 Å². The molecule has 0 aliphatic heterocycles. The highest BCUT2D eigenvalue weighted by Crippen LogP contribution is 2.44. The number of furan rings is 1. The maximum absolute atomic E-state index is 6.31. The van der Waals surface area contributed by atoms with Crippen LogP contribution in [-0.2, 0) is 0 Å². The average molecular weight is 464 g/mol. The normalized spacial score (nSPS) is 12.6. The molecule has 5 aromatic carbocycles. The quantitative estimate of drug-likeness (QED) is 0.205. The van der Waals surface area contributed by atoms with E-state index in [1.807, 2.05) is 17.4 Å². The largest absolute Gasteiger partial charge is 0.456 e. The molecule has 0 spiro atoms. The van der Waals surface area contributed by atoms with E-state index in [1.54, 1.807) is 0 Å². The lowest BCUT2D eigenvalue weighted by Crippen LogP contribution is -1.90. The van der Waals surface area contributed by atoms with Crippen LogP contribution in [0.25, 0.3) is 80.1 Å². The number of aromatic nitrogens is 1. The molecule has 9 aromatic rings. The van der Waals surface area contributed by atoms with E-state index in [4.69, 9.17) is 4.42 Å². The molecule has 0 saturated heterocycles. The molecule has 0 bridgehead atoms. The maximum atomic E-state index is 6.31. The highest BCUT2D eigenvalue weighted by atomic mass is 32.1. The van der Waals surface area contributed by atoms with E-state index in [-0.39, 0.29) is 0 Å². The predicted octanol–water partition coefficient (Wildman–Crippen LogP) is 9.67. The molecule has 0 aliphatic carbocycles. The first-order valence-electron chi connectivity index (χ1n) is 11.9. The minimum absolute atomic E-state index is 0.934. The van der Waals surface area contributed by atoms with Gasteiger partial charge in [-0.3, -0.25) is 0 Å². The van der Waals surface area contributed by atoms with Gasteiger partial charge in [0.05, 0.1) is 11.0 Å². The summed E-state index contributed by atoms with van der Waals surface area (Å²) < 4.78 is 11.4. The Morgan fingerprint density at radius 1 is 0.543 bits per heavy atom. The molecule has 4 aromatic heterocycles. The van der Waals surface area contributed by atoms with Crippen molar-refractivity contribution in [1.82, 2.24) is 4.40 Å². The zero-order valence-electron chi connectivity index (χ0n) is 18.6. The molecule has 162 valence electrons. The van der Waals surface area contributed by atoms with Crippen molar-refractivity contribution in [2.75, 3.05) is 0 Å². The summed E-state index contributed by atoms with van der Waals surface area (Å²) in [5.41, 5.74) is 4.35. The lowest BCUT2D eigenvalue weighted by atomic mass is 9.98. The van der Waals surface area contributed by atoms with Crippen LogP contribution in [0, 0.1) is 0 Å². The van der Waals surface area contributed by atoms with Gasteiger partial charge in [0, 0.05) is 58.7 Å². The summed E-state index contributed by atoms with van der Waals surface area (Å²) in [4.78, 5) is 0. The van der Waals surface area contributed by atoms with E-state index < -0.39 is 0 Å². The summed E-state index contributed by atoms with van der Waals surface area (Å²) in [5.74, 6) is 0. The Labute approximate surface area is 203 Å². The van der Waals surface area contributed by atoms with Gasteiger partial charge in [0.15, 0.2) is 0 Å². The number of para-hydroxylation sites is 1. The summed E-state index contributed by atoms with van der Waals surface area (Å²) >= 11 is 1.88. The van der Waals surface area contributed by atoms with Gasteiger partial charge in [-0.25, -0.2) is 0 Å². The van der Waals surface area contributed by atoms with Crippen molar-refractivity contribution in [2.45, 2.75) is 0 Å². The molecular formula is C32H17NOS. The minimum atomic E-state index is 0.934. The van der Waals surface area contributed by atoms with Gasteiger partial charge >= 0.3 is 0 Å². The molecule has 2 nitrogen and oxygen atoms in total. The molecule has 0 atom stereocenters. The summed E-state index contributed by atoms with van der Waals surface area (Å²) in [7, 11) is 0. The molecule has 0 saturated carbocycles. The molecule has 0 unspecified atom stereocenters. The third-order valence-electron chi connectivity index (χ3n) is 7.55. The van der Waals surface area contributed by atoms with Crippen molar-refractivity contribution in [3.8, 4) is 0 Å². The van der Waals surface area contributed by atoms with E-state index in [1.165, 1.54) is 68.9 Å². The molecule has 0 fully saturated rings. The molecule has 0 N–H and O–H groups in total. The Morgan fingerprint density at radius 3 is 2.29 bits per heavy atom. The highest BCUT2D eigenvalue weighted by Gasteiger charge is 2.19. The molecule has 0 amide bonds.